The van der Waals surface area contributed by atoms with Gasteiger partial charge in [-0.15, -0.1) is 0 Å². The lowest BCUT2D eigenvalue weighted by Crippen LogP contribution is -2.26. The molecule has 0 heterocycles. The topological polar surface area (TPSA) is 54.9 Å². The second kappa shape index (κ2) is 7.98. The molecule has 2 N–H and O–H groups in total. The van der Waals surface area contributed by atoms with Gasteiger partial charge in [0.25, 0.3) is 0 Å². The predicted molar refractivity (Wildman–Crippen MR) is 105 cm³/mol. The number of hydrogen-bond acceptors (Lipinski definition) is 4. The minimum atomic E-state index is 0.443. The molecule has 0 saturated carbocycles. The predicted octanol–water partition coefficient (Wildman–Crippen LogP) is 3.54. The Kier molecular flexibility index (Phi) is 5.50. The highest BCUT2D eigenvalue weighted by molar-refractivity contribution is 7.80. The zero-order valence-corrected chi connectivity index (χ0v) is 15.2. The van der Waals surface area contributed by atoms with Crippen molar-refractivity contribution in [3.05, 3.63) is 53.6 Å². The Hall–Kier alpha value is -2.60. The maximum Gasteiger partial charge on any atom is 0.191 e. The molecule has 0 bridgehead atoms. The molecule has 1 aliphatic carbocycles. The number of nitrogens with zero attached hydrogens (tertiary/aromatic N) is 1. The van der Waals surface area contributed by atoms with E-state index in [9.17, 15) is 0 Å². The minimum absolute atomic E-state index is 0.443. The Morgan fingerprint density at radius 3 is 2.52 bits per heavy atom. The van der Waals surface area contributed by atoms with E-state index in [0.717, 1.165) is 30.7 Å². The van der Waals surface area contributed by atoms with E-state index in [2.05, 4.69) is 40.1 Å². The maximum atomic E-state index is 5.32. The summed E-state index contributed by atoms with van der Waals surface area (Å²) in [4.78, 5) is 0. The lowest BCUT2D eigenvalue weighted by Gasteiger charge is -2.17. The summed E-state index contributed by atoms with van der Waals surface area (Å²) < 4.78 is 10.5. The van der Waals surface area contributed by atoms with Crippen LogP contribution in [-0.2, 0) is 12.8 Å². The molecule has 0 fully saturated rings. The molecular weight excluding hydrogens is 334 g/mol. The van der Waals surface area contributed by atoms with Crippen molar-refractivity contribution < 1.29 is 9.47 Å². The number of methoxy groups -OCH3 is 2. The minimum Gasteiger partial charge on any atom is -0.493 e. The number of aryl methyl sites for hydroxylation is 1. The summed E-state index contributed by atoms with van der Waals surface area (Å²) in [5, 5.41) is 8.01. The van der Waals surface area contributed by atoms with E-state index in [4.69, 9.17) is 21.7 Å². The van der Waals surface area contributed by atoms with Crippen LogP contribution in [0.2, 0.25) is 0 Å². The van der Waals surface area contributed by atoms with Crippen LogP contribution >= 0.6 is 12.2 Å². The average molecular weight is 355 g/mol. The molecule has 2 aromatic carbocycles. The number of fused-ring (bicyclic) bond motifs is 1. The molecule has 0 radical (unpaired) electrons. The third-order valence-electron chi connectivity index (χ3n) is 4.15. The molecule has 0 spiro atoms. The highest BCUT2D eigenvalue weighted by Crippen LogP contribution is 2.29. The van der Waals surface area contributed by atoms with E-state index < -0.39 is 0 Å². The van der Waals surface area contributed by atoms with Crippen LogP contribution < -0.4 is 20.2 Å². The number of ether oxygens (including phenoxy) is 2. The first kappa shape index (κ1) is 17.2. The third kappa shape index (κ3) is 4.28. The van der Waals surface area contributed by atoms with Crippen molar-refractivity contribution >= 4 is 28.7 Å². The lowest BCUT2D eigenvalue weighted by atomic mass is 9.90. The zero-order valence-electron chi connectivity index (χ0n) is 14.3. The van der Waals surface area contributed by atoms with Crippen LogP contribution in [-0.4, -0.2) is 25.0 Å². The third-order valence-corrected chi connectivity index (χ3v) is 4.35. The molecule has 1 aliphatic rings. The summed E-state index contributed by atoms with van der Waals surface area (Å²) in [6.07, 6.45) is 2.83. The Bertz CT molecular complexity index is 805. The van der Waals surface area contributed by atoms with Crippen molar-refractivity contribution in [2.24, 2.45) is 5.10 Å². The van der Waals surface area contributed by atoms with Gasteiger partial charge >= 0.3 is 0 Å². The van der Waals surface area contributed by atoms with E-state index in [1.54, 1.807) is 14.2 Å². The fraction of sp³-hybridized carbons (Fsp3) is 0.263. The van der Waals surface area contributed by atoms with Gasteiger partial charge < -0.3 is 14.8 Å². The number of anilines is 1. The normalized spacial score (nSPS) is 14.6. The summed E-state index contributed by atoms with van der Waals surface area (Å²) in [6.45, 7) is 0. The molecule has 6 heteroatoms. The van der Waals surface area contributed by atoms with E-state index in [1.165, 1.54) is 11.1 Å². The lowest BCUT2D eigenvalue weighted by molar-refractivity contribution is 0.355. The van der Waals surface area contributed by atoms with Crippen LogP contribution in [0.25, 0.3) is 0 Å². The standard InChI is InChI=1S/C19H21N3O2S/c1-23-17-10-9-15(12-18(17)24-2)20-19(25)22-21-16-8-7-13-5-3-4-6-14(13)11-16/h3-6,9-10,12H,7-8,11H2,1-2H3,(H2,20,22,25)/b21-16+. The van der Waals surface area contributed by atoms with Crippen LogP contribution in [0, 0.1) is 0 Å². The van der Waals surface area contributed by atoms with Gasteiger partial charge in [-0.05, 0) is 48.3 Å². The van der Waals surface area contributed by atoms with E-state index in [-0.39, 0.29) is 0 Å². The van der Waals surface area contributed by atoms with E-state index in [1.807, 2.05) is 18.2 Å². The number of rotatable bonds is 4. The van der Waals surface area contributed by atoms with E-state index >= 15 is 0 Å². The van der Waals surface area contributed by atoms with Crippen molar-refractivity contribution in [2.45, 2.75) is 19.3 Å². The fourth-order valence-electron chi connectivity index (χ4n) is 2.86. The van der Waals surface area contributed by atoms with Gasteiger partial charge in [-0.1, -0.05) is 24.3 Å². The van der Waals surface area contributed by atoms with Gasteiger partial charge in [-0.3, -0.25) is 5.43 Å². The van der Waals surface area contributed by atoms with Crippen LogP contribution in [0.4, 0.5) is 5.69 Å². The van der Waals surface area contributed by atoms with Gasteiger partial charge in [0.1, 0.15) is 0 Å². The van der Waals surface area contributed by atoms with Gasteiger partial charge in [0.15, 0.2) is 16.6 Å². The monoisotopic (exact) mass is 355 g/mol. The second-order valence-corrected chi connectivity index (χ2v) is 6.17. The second-order valence-electron chi connectivity index (χ2n) is 5.76. The van der Waals surface area contributed by atoms with Crippen molar-refractivity contribution in [3.8, 4) is 11.5 Å². The van der Waals surface area contributed by atoms with Crippen molar-refractivity contribution in [3.63, 3.8) is 0 Å². The first-order valence-electron chi connectivity index (χ1n) is 8.11. The fourth-order valence-corrected chi connectivity index (χ4v) is 3.02. The summed E-state index contributed by atoms with van der Waals surface area (Å²) >= 11 is 5.32. The van der Waals surface area contributed by atoms with Gasteiger partial charge in [0.05, 0.1) is 14.2 Å². The number of hydrazone groups is 1. The molecule has 0 unspecified atom stereocenters. The number of nitrogens with one attached hydrogen (secondary N) is 2. The largest absolute Gasteiger partial charge is 0.493 e. The van der Waals surface area contributed by atoms with Crippen molar-refractivity contribution in [1.82, 2.24) is 5.43 Å². The van der Waals surface area contributed by atoms with Crippen molar-refractivity contribution in [1.29, 1.82) is 0 Å². The molecule has 25 heavy (non-hydrogen) atoms. The Balaban J connectivity index is 1.60. The van der Waals surface area contributed by atoms with Crippen LogP contribution in [0.15, 0.2) is 47.6 Å². The molecule has 0 amide bonds. The van der Waals surface area contributed by atoms with Crippen molar-refractivity contribution in [2.75, 3.05) is 19.5 Å². The molecule has 0 aromatic heterocycles. The van der Waals surface area contributed by atoms with Gasteiger partial charge in [-0.2, -0.15) is 5.10 Å². The molecule has 0 atom stereocenters. The highest BCUT2D eigenvalue weighted by atomic mass is 32.1. The van der Waals surface area contributed by atoms with Crippen LogP contribution in [0.1, 0.15) is 17.5 Å². The van der Waals surface area contributed by atoms with Crippen LogP contribution in [0.5, 0.6) is 11.5 Å². The molecule has 0 aliphatic heterocycles. The van der Waals surface area contributed by atoms with E-state index in [0.29, 0.717) is 16.6 Å². The van der Waals surface area contributed by atoms with Gasteiger partial charge in [0, 0.05) is 23.9 Å². The Labute approximate surface area is 153 Å². The smallest absolute Gasteiger partial charge is 0.191 e. The van der Waals surface area contributed by atoms with Gasteiger partial charge in [-0.25, -0.2) is 0 Å². The molecule has 2 aromatic rings. The average Bonchev–Trinajstić information content (AvgIpc) is 2.66. The highest BCUT2D eigenvalue weighted by Gasteiger charge is 2.13. The zero-order chi connectivity index (χ0) is 17.6. The quantitative estimate of drug-likeness (QED) is 0.649. The van der Waals surface area contributed by atoms with Gasteiger partial charge in [0.2, 0.25) is 0 Å². The Morgan fingerprint density at radius 1 is 1.00 bits per heavy atom. The molecule has 5 nitrogen and oxygen atoms in total. The number of thiocarbonyl (C=S) groups is 1. The SMILES string of the molecule is COc1ccc(NC(=S)N/N=C2\CCc3ccccc3C2)cc1OC. The Morgan fingerprint density at radius 2 is 1.76 bits per heavy atom. The molecule has 0 saturated heterocycles. The summed E-state index contributed by atoms with van der Waals surface area (Å²) in [6, 6.07) is 14.0. The molecule has 130 valence electrons. The molecular formula is C19H21N3O2S. The summed E-state index contributed by atoms with van der Waals surface area (Å²) in [7, 11) is 3.21. The summed E-state index contributed by atoms with van der Waals surface area (Å²) in [5.74, 6) is 1.32. The first-order valence-corrected chi connectivity index (χ1v) is 8.51. The number of benzene rings is 2. The first-order chi connectivity index (χ1) is 12.2. The molecule has 3 rings (SSSR count). The van der Waals surface area contributed by atoms with Crippen LogP contribution in [0.3, 0.4) is 0 Å². The maximum absolute atomic E-state index is 5.32. The number of hydrogen-bond donors (Lipinski definition) is 2. The summed E-state index contributed by atoms with van der Waals surface area (Å²) in [5.41, 5.74) is 7.60.